The summed E-state index contributed by atoms with van der Waals surface area (Å²) in [5, 5.41) is 21.6. The van der Waals surface area contributed by atoms with Gasteiger partial charge in [-0.3, -0.25) is 10.1 Å². The molecular formula is C14H15NO4. The average molecular weight is 261 g/mol. The van der Waals surface area contributed by atoms with Gasteiger partial charge in [0.05, 0.1) is 16.4 Å². The molecule has 2 aromatic carbocycles. The van der Waals surface area contributed by atoms with Crippen LogP contribution in [0.4, 0.5) is 5.69 Å². The third kappa shape index (κ3) is 2.66. The fourth-order valence-electron chi connectivity index (χ4n) is 1.82. The van der Waals surface area contributed by atoms with Crippen molar-refractivity contribution >= 4 is 16.5 Å². The molecule has 0 fully saturated rings. The van der Waals surface area contributed by atoms with Crippen molar-refractivity contribution in [1.29, 1.82) is 0 Å². The highest BCUT2D eigenvalue weighted by Crippen LogP contribution is 2.33. The van der Waals surface area contributed by atoms with E-state index < -0.39 is 11.0 Å². The third-order valence-corrected chi connectivity index (χ3v) is 3.05. The summed E-state index contributed by atoms with van der Waals surface area (Å²) >= 11 is 0. The molecular weight excluding hydrogens is 246 g/mol. The molecule has 2 atom stereocenters. The summed E-state index contributed by atoms with van der Waals surface area (Å²) in [5.41, 5.74) is 0.0488. The molecule has 0 amide bonds. The highest BCUT2D eigenvalue weighted by Gasteiger charge is 2.17. The van der Waals surface area contributed by atoms with Gasteiger partial charge in [0.25, 0.3) is 5.69 Å². The van der Waals surface area contributed by atoms with Crippen molar-refractivity contribution in [3.8, 4) is 5.75 Å². The zero-order valence-corrected chi connectivity index (χ0v) is 10.7. The summed E-state index contributed by atoms with van der Waals surface area (Å²) in [4.78, 5) is 10.6. The number of hydrogen-bond acceptors (Lipinski definition) is 4. The van der Waals surface area contributed by atoms with E-state index in [2.05, 4.69) is 0 Å². The first kappa shape index (κ1) is 13.3. The minimum absolute atomic E-state index is 0.0488. The van der Waals surface area contributed by atoms with Crippen LogP contribution >= 0.6 is 0 Å². The normalized spacial score (nSPS) is 14.1. The zero-order valence-electron chi connectivity index (χ0n) is 10.7. The van der Waals surface area contributed by atoms with Crippen LogP contribution < -0.4 is 4.74 Å². The van der Waals surface area contributed by atoms with Gasteiger partial charge in [-0.05, 0) is 26.0 Å². The van der Waals surface area contributed by atoms with Crippen molar-refractivity contribution in [3.63, 3.8) is 0 Å². The molecule has 2 aromatic rings. The quantitative estimate of drug-likeness (QED) is 0.678. The number of non-ortho nitro benzene ring substituents is 1. The number of rotatable bonds is 4. The van der Waals surface area contributed by atoms with Crippen molar-refractivity contribution in [2.75, 3.05) is 0 Å². The van der Waals surface area contributed by atoms with Gasteiger partial charge in [0.1, 0.15) is 11.9 Å². The lowest BCUT2D eigenvalue weighted by molar-refractivity contribution is -0.383. The minimum atomic E-state index is -0.617. The minimum Gasteiger partial charge on any atom is -0.487 e. The van der Waals surface area contributed by atoms with E-state index in [-0.39, 0.29) is 11.8 Å². The fourth-order valence-corrected chi connectivity index (χ4v) is 1.82. The standard InChI is InChI=1S/C14H15NO4/c1-9(16)10(2)19-14-8-7-13(15(17)18)11-5-3-4-6-12(11)14/h3-10,16H,1-2H3. The molecule has 2 rings (SSSR count). The average Bonchev–Trinajstić information content (AvgIpc) is 2.38. The maximum Gasteiger partial charge on any atom is 0.277 e. The van der Waals surface area contributed by atoms with E-state index in [1.807, 2.05) is 0 Å². The maximum absolute atomic E-state index is 11.0. The Morgan fingerprint density at radius 2 is 1.79 bits per heavy atom. The molecule has 5 nitrogen and oxygen atoms in total. The van der Waals surface area contributed by atoms with Crippen LogP contribution in [-0.4, -0.2) is 22.2 Å². The van der Waals surface area contributed by atoms with Gasteiger partial charge in [-0.1, -0.05) is 18.2 Å². The second kappa shape index (κ2) is 5.24. The number of aliphatic hydroxyl groups excluding tert-OH is 1. The van der Waals surface area contributed by atoms with E-state index in [9.17, 15) is 15.2 Å². The van der Waals surface area contributed by atoms with Gasteiger partial charge in [0.15, 0.2) is 0 Å². The molecule has 0 bridgehead atoms. The summed E-state index contributed by atoms with van der Waals surface area (Å²) in [6.07, 6.45) is -1.00. The smallest absolute Gasteiger partial charge is 0.277 e. The maximum atomic E-state index is 11.0. The Balaban J connectivity index is 2.53. The summed E-state index contributed by atoms with van der Waals surface area (Å²) in [6.45, 7) is 3.39. The number of benzene rings is 2. The number of ether oxygens (including phenoxy) is 1. The SMILES string of the molecule is CC(O)C(C)Oc1ccc([N+](=O)[O-])c2ccccc12. The van der Waals surface area contributed by atoms with Gasteiger partial charge >= 0.3 is 0 Å². The van der Waals surface area contributed by atoms with Crippen LogP contribution in [0.5, 0.6) is 5.75 Å². The fraction of sp³-hybridized carbons (Fsp3) is 0.286. The Hall–Kier alpha value is -2.14. The first-order chi connectivity index (χ1) is 9.00. The molecule has 0 spiro atoms. The van der Waals surface area contributed by atoms with Crippen molar-refractivity contribution in [1.82, 2.24) is 0 Å². The van der Waals surface area contributed by atoms with Gasteiger partial charge in [0.2, 0.25) is 0 Å². The molecule has 0 saturated heterocycles. The molecule has 19 heavy (non-hydrogen) atoms. The van der Waals surface area contributed by atoms with Crippen molar-refractivity contribution < 1.29 is 14.8 Å². The van der Waals surface area contributed by atoms with E-state index in [1.165, 1.54) is 6.07 Å². The lowest BCUT2D eigenvalue weighted by atomic mass is 10.1. The van der Waals surface area contributed by atoms with Crippen molar-refractivity contribution in [2.45, 2.75) is 26.1 Å². The van der Waals surface area contributed by atoms with Crippen LogP contribution in [-0.2, 0) is 0 Å². The van der Waals surface area contributed by atoms with Gasteiger partial charge < -0.3 is 9.84 Å². The molecule has 0 radical (unpaired) electrons. The number of hydrogen-bond donors (Lipinski definition) is 1. The number of nitro benzene ring substituents is 1. The molecule has 0 aliphatic carbocycles. The predicted molar refractivity (Wildman–Crippen MR) is 72.4 cm³/mol. The lowest BCUT2D eigenvalue weighted by Gasteiger charge is -2.18. The van der Waals surface area contributed by atoms with E-state index >= 15 is 0 Å². The second-order valence-corrected chi connectivity index (χ2v) is 4.45. The summed E-state index contributed by atoms with van der Waals surface area (Å²) in [7, 11) is 0. The van der Waals surface area contributed by atoms with Gasteiger partial charge in [0, 0.05) is 11.5 Å². The van der Waals surface area contributed by atoms with E-state index in [1.54, 1.807) is 44.2 Å². The third-order valence-electron chi connectivity index (χ3n) is 3.05. The van der Waals surface area contributed by atoms with Crippen LogP contribution in [0.1, 0.15) is 13.8 Å². The van der Waals surface area contributed by atoms with Gasteiger partial charge in [-0.25, -0.2) is 0 Å². The molecule has 0 heterocycles. The second-order valence-electron chi connectivity index (χ2n) is 4.45. The zero-order chi connectivity index (χ0) is 14.0. The van der Waals surface area contributed by atoms with Crippen LogP contribution in [0, 0.1) is 10.1 Å². The Morgan fingerprint density at radius 1 is 1.16 bits per heavy atom. The largest absolute Gasteiger partial charge is 0.487 e. The number of nitrogens with zero attached hydrogens (tertiary/aromatic N) is 1. The monoisotopic (exact) mass is 261 g/mol. The lowest BCUT2D eigenvalue weighted by Crippen LogP contribution is -2.25. The van der Waals surface area contributed by atoms with E-state index in [0.717, 1.165) is 0 Å². The first-order valence-electron chi connectivity index (χ1n) is 6.01. The van der Waals surface area contributed by atoms with Crippen LogP contribution in [0.3, 0.4) is 0 Å². The topological polar surface area (TPSA) is 72.6 Å². The molecule has 5 heteroatoms. The summed E-state index contributed by atoms with van der Waals surface area (Å²) < 4.78 is 5.65. The Labute approximate surface area is 110 Å². The molecule has 0 aromatic heterocycles. The van der Waals surface area contributed by atoms with Crippen molar-refractivity contribution in [2.24, 2.45) is 0 Å². The van der Waals surface area contributed by atoms with Crippen LogP contribution in [0.15, 0.2) is 36.4 Å². The highest BCUT2D eigenvalue weighted by molar-refractivity contribution is 5.95. The molecule has 0 saturated carbocycles. The highest BCUT2D eigenvalue weighted by atomic mass is 16.6. The Kier molecular flexibility index (Phi) is 3.66. The summed E-state index contributed by atoms with van der Waals surface area (Å²) in [6, 6.07) is 9.99. The van der Waals surface area contributed by atoms with Gasteiger partial charge in [-0.2, -0.15) is 0 Å². The molecule has 1 N–H and O–H groups in total. The molecule has 100 valence electrons. The summed E-state index contributed by atoms with van der Waals surface area (Å²) in [5.74, 6) is 0.537. The number of fused-ring (bicyclic) bond motifs is 1. The van der Waals surface area contributed by atoms with E-state index in [4.69, 9.17) is 4.74 Å². The molecule has 2 unspecified atom stereocenters. The van der Waals surface area contributed by atoms with Gasteiger partial charge in [-0.15, -0.1) is 0 Å². The Morgan fingerprint density at radius 3 is 2.37 bits per heavy atom. The van der Waals surface area contributed by atoms with Crippen LogP contribution in [0.25, 0.3) is 10.8 Å². The Bertz CT molecular complexity index is 609. The predicted octanol–water partition coefficient (Wildman–Crippen LogP) is 2.90. The molecule has 0 aliphatic heterocycles. The van der Waals surface area contributed by atoms with Crippen LogP contribution in [0.2, 0.25) is 0 Å². The van der Waals surface area contributed by atoms with Crippen molar-refractivity contribution in [3.05, 3.63) is 46.5 Å². The number of nitro groups is 1. The molecule has 0 aliphatic rings. The van der Waals surface area contributed by atoms with E-state index in [0.29, 0.717) is 16.5 Å². The number of aliphatic hydroxyl groups is 1. The first-order valence-corrected chi connectivity index (χ1v) is 6.01.